The topological polar surface area (TPSA) is 109 Å². The van der Waals surface area contributed by atoms with Crippen molar-refractivity contribution in [1.29, 1.82) is 0 Å². The third-order valence-corrected chi connectivity index (χ3v) is 5.06. The van der Waals surface area contributed by atoms with Crippen molar-refractivity contribution in [1.82, 2.24) is 10.2 Å². The van der Waals surface area contributed by atoms with E-state index >= 15 is 0 Å². The summed E-state index contributed by atoms with van der Waals surface area (Å²) in [5.74, 6) is 0. The van der Waals surface area contributed by atoms with Crippen molar-refractivity contribution in [2.75, 3.05) is 17.8 Å². The molecule has 2 rings (SSSR count). The molecule has 0 aliphatic carbocycles. The van der Waals surface area contributed by atoms with E-state index in [1.54, 1.807) is 12.3 Å². The maximum absolute atomic E-state index is 11.8. The highest BCUT2D eigenvalue weighted by Crippen LogP contribution is 2.25. The molecule has 21 heavy (non-hydrogen) atoms. The van der Waals surface area contributed by atoms with Gasteiger partial charge >= 0.3 is 0 Å². The van der Waals surface area contributed by atoms with E-state index in [-0.39, 0.29) is 9.79 Å². The Labute approximate surface area is 123 Å². The summed E-state index contributed by atoms with van der Waals surface area (Å²) in [5, 5.41) is 9.49. The Balaban J connectivity index is 2.41. The SMILES string of the molecule is CS(=O)(=O)c1ccc(NCc2ccn[nH]2)c(S(C)(=O)=O)c1. The molecule has 0 atom stereocenters. The highest BCUT2D eigenvalue weighted by atomic mass is 32.2. The molecule has 9 heteroatoms. The van der Waals surface area contributed by atoms with Gasteiger partial charge < -0.3 is 5.32 Å². The molecule has 0 spiro atoms. The van der Waals surface area contributed by atoms with E-state index in [4.69, 9.17) is 0 Å². The molecule has 1 heterocycles. The number of sulfone groups is 2. The number of H-pyrrole nitrogens is 1. The molecule has 1 aromatic carbocycles. The van der Waals surface area contributed by atoms with Crippen LogP contribution in [-0.4, -0.2) is 39.5 Å². The van der Waals surface area contributed by atoms with Crippen LogP contribution in [0, 0.1) is 0 Å². The van der Waals surface area contributed by atoms with Crippen LogP contribution in [0.4, 0.5) is 5.69 Å². The molecule has 0 bridgehead atoms. The van der Waals surface area contributed by atoms with Crippen LogP contribution in [0.1, 0.15) is 5.69 Å². The zero-order chi connectivity index (χ0) is 15.7. The molecule has 0 aliphatic heterocycles. The van der Waals surface area contributed by atoms with E-state index in [2.05, 4.69) is 15.5 Å². The van der Waals surface area contributed by atoms with E-state index in [0.717, 1.165) is 18.2 Å². The van der Waals surface area contributed by atoms with Crippen molar-refractivity contribution in [2.24, 2.45) is 0 Å². The van der Waals surface area contributed by atoms with Gasteiger partial charge in [-0.05, 0) is 24.3 Å². The van der Waals surface area contributed by atoms with Gasteiger partial charge in [0.2, 0.25) is 0 Å². The second-order valence-electron chi connectivity index (χ2n) is 4.64. The molecule has 0 radical (unpaired) electrons. The lowest BCUT2D eigenvalue weighted by Gasteiger charge is -2.11. The van der Waals surface area contributed by atoms with Gasteiger partial charge in [0, 0.05) is 18.7 Å². The van der Waals surface area contributed by atoms with Crippen molar-refractivity contribution in [3.05, 3.63) is 36.2 Å². The fourth-order valence-corrected chi connectivity index (χ4v) is 3.36. The lowest BCUT2D eigenvalue weighted by atomic mass is 10.3. The molecule has 0 amide bonds. The average molecular weight is 329 g/mol. The number of nitrogens with one attached hydrogen (secondary N) is 2. The first kappa shape index (κ1) is 15.5. The number of aromatic amines is 1. The number of rotatable bonds is 5. The molecule has 0 fully saturated rings. The van der Waals surface area contributed by atoms with E-state index in [0.29, 0.717) is 12.2 Å². The number of nitrogens with zero attached hydrogens (tertiary/aromatic N) is 1. The molecule has 7 nitrogen and oxygen atoms in total. The molecule has 0 saturated heterocycles. The van der Waals surface area contributed by atoms with Crippen LogP contribution in [0.15, 0.2) is 40.3 Å². The molecule has 0 saturated carbocycles. The van der Waals surface area contributed by atoms with Gasteiger partial charge in [-0.25, -0.2) is 16.8 Å². The Kier molecular flexibility index (Phi) is 4.06. The standard InChI is InChI=1S/C12H15N3O4S2/c1-20(16,17)10-3-4-11(12(7-10)21(2,18)19)13-8-9-5-6-14-15-9/h3-7,13H,8H2,1-2H3,(H,14,15). The molecule has 1 aromatic heterocycles. The predicted octanol–water partition coefficient (Wildman–Crippen LogP) is 0.829. The number of hydrogen-bond donors (Lipinski definition) is 2. The summed E-state index contributed by atoms with van der Waals surface area (Å²) in [6, 6.07) is 5.74. The zero-order valence-electron chi connectivity index (χ0n) is 11.5. The van der Waals surface area contributed by atoms with Crippen LogP contribution in [0.25, 0.3) is 0 Å². The van der Waals surface area contributed by atoms with Crippen molar-refractivity contribution in [3.63, 3.8) is 0 Å². The largest absolute Gasteiger partial charge is 0.378 e. The van der Waals surface area contributed by atoms with E-state index in [1.807, 2.05) is 0 Å². The fraction of sp³-hybridized carbons (Fsp3) is 0.250. The number of aromatic nitrogens is 2. The normalized spacial score (nSPS) is 12.3. The maximum Gasteiger partial charge on any atom is 0.177 e. The molecule has 0 unspecified atom stereocenters. The summed E-state index contributed by atoms with van der Waals surface area (Å²) in [6.45, 7) is 0.348. The molecular weight excluding hydrogens is 314 g/mol. The van der Waals surface area contributed by atoms with Crippen molar-refractivity contribution >= 4 is 25.4 Å². The summed E-state index contributed by atoms with van der Waals surface area (Å²) >= 11 is 0. The summed E-state index contributed by atoms with van der Waals surface area (Å²) in [6.07, 6.45) is 3.66. The second-order valence-corrected chi connectivity index (χ2v) is 8.64. The monoisotopic (exact) mass is 329 g/mol. The molecular formula is C12H15N3O4S2. The van der Waals surface area contributed by atoms with Crippen LogP contribution in [0.2, 0.25) is 0 Å². The Morgan fingerprint density at radius 2 is 1.81 bits per heavy atom. The van der Waals surface area contributed by atoms with Gasteiger partial charge in [0.1, 0.15) is 0 Å². The predicted molar refractivity (Wildman–Crippen MR) is 78.6 cm³/mol. The minimum atomic E-state index is -3.56. The lowest BCUT2D eigenvalue weighted by molar-refractivity contribution is 0.600. The van der Waals surface area contributed by atoms with E-state index < -0.39 is 19.7 Å². The Hall–Kier alpha value is -1.87. The van der Waals surface area contributed by atoms with Gasteiger partial charge in [0.05, 0.1) is 27.7 Å². The molecule has 0 aliphatic rings. The van der Waals surface area contributed by atoms with Gasteiger partial charge in [-0.15, -0.1) is 0 Å². The lowest BCUT2D eigenvalue weighted by Crippen LogP contribution is -2.08. The first-order chi connectivity index (χ1) is 9.68. The third-order valence-electron chi connectivity index (χ3n) is 2.81. The highest BCUT2D eigenvalue weighted by molar-refractivity contribution is 7.91. The number of anilines is 1. The summed E-state index contributed by atoms with van der Waals surface area (Å²) in [7, 11) is -7.03. The van der Waals surface area contributed by atoms with E-state index in [9.17, 15) is 16.8 Å². The summed E-state index contributed by atoms with van der Waals surface area (Å²) in [4.78, 5) is -0.0834. The van der Waals surface area contributed by atoms with Crippen LogP contribution >= 0.6 is 0 Å². The average Bonchev–Trinajstić information content (AvgIpc) is 2.87. The highest BCUT2D eigenvalue weighted by Gasteiger charge is 2.17. The van der Waals surface area contributed by atoms with Gasteiger partial charge in [0.25, 0.3) is 0 Å². The van der Waals surface area contributed by atoms with Crippen LogP contribution in [0.5, 0.6) is 0 Å². The smallest absolute Gasteiger partial charge is 0.177 e. The van der Waals surface area contributed by atoms with Gasteiger partial charge in [-0.1, -0.05) is 0 Å². The Morgan fingerprint density at radius 1 is 1.10 bits per heavy atom. The van der Waals surface area contributed by atoms with Gasteiger partial charge in [0.15, 0.2) is 19.7 Å². The van der Waals surface area contributed by atoms with E-state index in [1.165, 1.54) is 18.2 Å². The Bertz CT molecular complexity index is 841. The number of hydrogen-bond acceptors (Lipinski definition) is 6. The van der Waals surface area contributed by atoms with Gasteiger partial charge in [-0.3, -0.25) is 5.10 Å². The quantitative estimate of drug-likeness (QED) is 0.841. The van der Waals surface area contributed by atoms with Gasteiger partial charge in [-0.2, -0.15) is 5.10 Å². The summed E-state index contributed by atoms with van der Waals surface area (Å²) < 4.78 is 46.8. The van der Waals surface area contributed by atoms with Crippen LogP contribution < -0.4 is 5.32 Å². The summed E-state index contributed by atoms with van der Waals surface area (Å²) in [5.41, 5.74) is 1.13. The number of benzene rings is 1. The van der Waals surface area contributed by atoms with Crippen molar-refractivity contribution in [2.45, 2.75) is 16.3 Å². The third kappa shape index (κ3) is 3.82. The minimum Gasteiger partial charge on any atom is -0.378 e. The first-order valence-electron chi connectivity index (χ1n) is 5.94. The van der Waals surface area contributed by atoms with Crippen LogP contribution in [0.3, 0.4) is 0 Å². The zero-order valence-corrected chi connectivity index (χ0v) is 13.1. The first-order valence-corrected chi connectivity index (χ1v) is 9.72. The second kappa shape index (κ2) is 5.49. The molecule has 114 valence electrons. The molecule has 2 aromatic rings. The van der Waals surface area contributed by atoms with Crippen LogP contribution in [-0.2, 0) is 26.2 Å². The minimum absolute atomic E-state index is 0.0324. The molecule has 2 N–H and O–H groups in total. The fourth-order valence-electron chi connectivity index (χ4n) is 1.76. The van der Waals surface area contributed by atoms with Crippen molar-refractivity contribution < 1.29 is 16.8 Å². The maximum atomic E-state index is 11.8. The Morgan fingerprint density at radius 3 is 2.33 bits per heavy atom. The van der Waals surface area contributed by atoms with Crippen molar-refractivity contribution in [3.8, 4) is 0 Å².